The van der Waals surface area contributed by atoms with E-state index in [4.69, 9.17) is 0 Å². The molecule has 4 saturated heterocycles. The standard InChI is InChI=1S/C33H38N6O6/c40-29-8-7-28(30(41)34-29)38-31(42)26-6-5-25(21-27(26)32(38)43)37-19-13-33(14-20-37)11-17-36(18-12-33)23-9-15-35(16-10-23)22-1-3-24(4-2-22)39(44)45/h1-6,21,23,28H,7-20H2,(H,34,40,41). The number of nitrogens with zero attached hydrogens (tertiary/aromatic N) is 5. The van der Waals surface area contributed by atoms with Gasteiger partial charge in [-0.2, -0.15) is 0 Å². The Bertz CT molecular complexity index is 1530. The third-order valence-electron chi connectivity index (χ3n) is 10.9. The fraction of sp³-hybridized carbons (Fsp3) is 0.515. The minimum Gasteiger partial charge on any atom is -0.371 e. The lowest BCUT2D eigenvalue weighted by molar-refractivity contribution is -0.384. The fourth-order valence-corrected chi connectivity index (χ4v) is 8.03. The second-order valence-corrected chi connectivity index (χ2v) is 13.2. The lowest BCUT2D eigenvalue weighted by Crippen LogP contribution is -2.54. The number of non-ortho nitro benzene ring substituents is 1. The molecule has 12 heteroatoms. The molecule has 0 bridgehead atoms. The zero-order valence-electron chi connectivity index (χ0n) is 25.3. The Kier molecular flexibility index (Phi) is 7.55. The topological polar surface area (TPSA) is 136 Å². The Morgan fingerprint density at radius 2 is 1.33 bits per heavy atom. The normalized spacial score (nSPS) is 24.3. The average Bonchev–Trinajstić information content (AvgIpc) is 3.30. The predicted octanol–water partition coefficient (Wildman–Crippen LogP) is 3.35. The van der Waals surface area contributed by atoms with Gasteiger partial charge >= 0.3 is 0 Å². The van der Waals surface area contributed by atoms with Gasteiger partial charge in [0.2, 0.25) is 11.8 Å². The number of nitro groups is 1. The van der Waals surface area contributed by atoms with Crippen molar-refractivity contribution in [2.24, 2.45) is 5.41 Å². The van der Waals surface area contributed by atoms with Gasteiger partial charge in [-0.3, -0.25) is 39.5 Å². The van der Waals surface area contributed by atoms with E-state index in [0.717, 1.165) is 81.2 Å². The van der Waals surface area contributed by atoms with E-state index in [0.29, 0.717) is 22.6 Å². The van der Waals surface area contributed by atoms with Crippen LogP contribution in [0.3, 0.4) is 0 Å². The molecule has 4 amide bonds. The van der Waals surface area contributed by atoms with Gasteiger partial charge in [-0.15, -0.1) is 0 Å². The van der Waals surface area contributed by atoms with Crippen LogP contribution in [0.2, 0.25) is 0 Å². The van der Waals surface area contributed by atoms with Crippen LogP contribution in [0, 0.1) is 15.5 Å². The molecule has 0 aromatic heterocycles. The van der Waals surface area contributed by atoms with Gasteiger partial charge in [0, 0.05) is 62.1 Å². The third kappa shape index (κ3) is 5.45. The molecule has 12 nitrogen and oxygen atoms in total. The van der Waals surface area contributed by atoms with E-state index < -0.39 is 23.8 Å². The number of nitro benzene ring substituents is 1. The van der Waals surface area contributed by atoms with Gasteiger partial charge in [0.05, 0.1) is 16.1 Å². The molecule has 45 heavy (non-hydrogen) atoms. The largest absolute Gasteiger partial charge is 0.371 e. The smallest absolute Gasteiger partial charge is 0.269 e. The van der Waals surface area contributed by atoms with Crippen molar-refractivity contribution in [1.82, 2.24) is 15.1 Å². The summed E-state index contributed by atoms with van der Waals surface area (Å²) in [7, 11) is 0. The van der Waals surface area contributed by atoms with Crippen molar-refractivity contribution in [1.29, 1.82) is 0 Å². The van der Waals surface area contributed by atoms with Crippen LogP contribution in [0.4, 0.5) is 17.1 Å². The van der Waals surface area contributed by atoms with Gasteiger partial charge in [0.1, 0.15) is 6.04 Å². The van der Waals surface area contributed by atoms with Crippen molar-refractivity contribution in [3.8, 4) is 0 Å². The van der Waals surface area contributed by atoms with Gasteiger partial charge in [0.15, 0.2) is 0 Å². The number of likely N-dealkylation sites (tertiary alicyclic amines) is 1. The van der Waals surface area contributed by atoms with Crippen LogP contribution >= 0.6 is 0 Å². The highest BCUT2D eigenvalue weighted by Crippen LogP contribution is 2.43. The molecule has 5 heterocycles. The first-order valence-electron chi connectivity index (χ1n) is 16.1. The summed E-state index contributed by atoms with van der Waals surface area (Å²) in [4.78, 5) is 69.3. The van der Waals surface area contributed by atoms with E-state index in [-0.39, 0.29) is 29.4 Å². The van der Waals surface area contributed by atoms with Crippen LogP contribution in [0.25, 0.3) is 0 Å². The third-order valence-corrected chi connectivity index (χ3v) is 10.9. The molecule has 0 saturated carbocycles. The summed E-state index contributed by atoms with van der Waals surface area (Å²) >= 11 is 0. The van der Waals surface area contributed by atoms with Gasteiger partial charge in [0.25, 0.3) is 17.5 Å². The number of nitrogens with one attached hydrogen (secondary N) is 1. The summed E-state index contributed by atoms with van der Waals surface area (Å²) < 4.78 is 0. The number of hydrogen-bond acceptors (Lipinski definition) is 9. The molecular formula is C33H38N6O6. The number of carbonyl (C=O) groups excluding carboxylic acids is 4. The Labute approximate surface area is 261 Å². The number of carbonyl (C=O) groups is 4. The van der Waals surface area contributed by atoms with E-state index >= 15 is 0 Å². The fourth-order valence-electron chi connectivity index (χ4n) is 8.03. The molecule has 0 aliphatic carbocycles. The number of benzene rings is 2. The maximum atomic E-state index is 13.3. The van der Waals surface area contributed by atoms with Crippen molar-refractivity contribution in [2.75, 3.05) is 49.1 Å². The summed E-state index contributed by atoms with van der Waals surface area (Å²) in [6.45, 7) is 5.91. The minimum absolute atomic E-state index is 0.103. The molecule has 1 atom stereocenters. The zero-order chi connectivity index (χ0) is 31.3. The van der Waals surface area contributed by atoms with Crippen LogP contribution in [-0.4, -0.2) is 89.7 Å². The Hall–Kier alpha value is -4.32. The van der Waals surface area contributed by atoms with Gasteiger partial charge in [-0.1, -0.05) is 0 Å². The highest BCUT2D eigenvalue weighted by atomic mass is 16.6. The highest BCUT2D eigenvalue weighted by molar-refractivity contribution is 6.23. The summed E-state index contributed by atoms with van der Waals surface area (Å²) in [6.07, 6.45) is 6.99. The number of rotatable bonds is 5. The van der Waals surface area contributed by atoms with Crippen LogP contribution in [-0.2, 0) is 9.59 Å². The first-order valence-corrected chi connectivity index (χ1v) is 16.1. The first kappa shape index (κ1) is 29.4. The molecule has 4 fully saturated rings. The molecule has 236 valence electrons. The number of imide groups is 2. The molecule has 2 aromatic carbocycles. The Morgan fingerprint density at radius 1 is 0.733 bits per heavy atom. The average molecular weight is 615 g/mol. The SMILES string of the molecule is O=C1CCC(N2C(=O)c3ccc(N4CCC5(CC4)CCN(C4CCN(c6ccc([N+](=O)[O-])cc6)CC4)CC5)cc3C2=O)C(=O)N1. The van der Waals surface area contributed by atoms with Crippen molar-refractivity contribution >= 4 is 40.7 Å². The molecule has 5 aliphatic rings. The number of anilines is 2. The van der Waals surface area contributed by atoms with Gasteiger partial charge < -0.3 is 14.7 Å². The second kappa shape index (κ2) is 11.6. The molecule has 2 aromatic rings. The molecule has 1 unspecified atom stereocenters. The Balaban J connectivity index is 0.914. The molecule has 0 radical (unpaired) electrons. The number of fused-ring (bicyclic) bond motifs is 1. The maximum Gasteiger partial charge on any atom is 0.269 e. The Morgan fingerprint density at radius 3 is 1.98 bits per heavy atom. The van der Waals surface area contributed by atoms with Crippen LogP contribution < -0.4 is 15.1 Å². The summed E-state index contributed by atoms with van der Waals surface area (Å²) in [6, 6.07) is 11.9. The monoisotopic (exact) mass is 614 g/mol. The predicted molar refractivity (Wildman–Crippen MR) is 166 cm³/mol. The first-order chi connectivity index (χ1) is 21.7. The molecular weight excluding hydrogens is 576 g/mol. The van der Waals surface area contributed by atoms with E-state index in [1.807, 2.05) is 18.2 Å². The van der Waals surface area contributed by atoms with E-state index in [2.05, 4.69) is 20.0 Å². The maximum absolute atomic E-state index is 13.3. The summed E-state index contributed by atoms with van der Waals surface area (Å²) in [5.41, 5.74) is 3.07. The summed E-state index contributed by atoms with van der Waals surface area (Å²) in [5, 5.41) is 13.2. The van der Waals surface area contributed by atoms with Crippen LogP contribution in [0.1, 0.15) is 72.1 Å². The van der Waals surface area contributed by atoms with E-state index in [9.17, 15) is 29.3 Å². The minimum atomic E-state index is -0.957. The molecule has 1 N–H and O–H groups in total. The lowest BCUT2D eigenvalue weighted by atomic mass is 9.71. The molecule has 1 spiro atoms. The van der Waals surface area contributed by atoms with Crippen molar-refractivity contribution in [3.05, 3.63) is 63.7 Å². The second-order valence-electron chi connectivity index (χ2n) is 13.2. The van der Waals surface area contributed by atoms with Crippen molar-refractivity contribution < 1.29 is 24.1 Å². The highest BCUT2D eigenvalue weighted by Gasteiger charge is 2.45. The number of piperidine rings is 4. The lowest BCUT2D eigenvalue weighted by Gasteiger charge is -2.50. The zero-order valence-corrected chi connectivity index (χ0v) is 25.3. The number of amides is 4. The number of hydrogen-bond donors (Lipinski definition) is 1. The molecule has 5 aliphatic heterocycles. The van der Waals surface area contributed by atoms with E-state index in [1.54, 1.807) is 24.3 Å². The molecule has 7 rings (SSSR count). The van der Waals surface area contributed by atoms with Crippen molar-refractivity contribution in [2.45, 2.75) is 63.5 Å². The van der Waals surface area contributed by atoms with E-state index in [1.165, 1.54) is 12.8 Å². The summed E-state index contributed by atoms with van der Waals surface area (Å²) in [5.74, 6) is -1.92. The van der Waals surface area contributed by atoms with Crippen molar-refractivity contribution in [3.63, 3.8) is 0 Å². The van der Waals surface area contributed by atoms with Gasteiger partial charge in [-0.25, -0.2) is 0 Å². The van der Waals surface area contributed by atoms with Crippen LogP contribution in [0.5, 0.6) is 0 Å². The van der Waals surface area contributed by atoms with Gasteiger partial charge in [-0.05, 0) is 93.8 Å². The quantitative estimate of drug-likeness (QED) is 0.306. The van der Waals surface area contributed by atoms with Crippen LogP contribution in [0.15, 0.2) is 42.5 Å².